The van der Waals surface area contributed by atoms with Gasteiger partial charge in [-0.2, -0.15) is 0 Å². The summed E-state index contributed by atoms with van der Waals surface area (Å²) in [5.74, 6) is -0.448. The number of carboxylic acids is 1. The van der Waals surface area contributed by atoms with Gasteiger partial charge in [0, 0.05) is 18.8 Å². The number of nitrogens with two attached hydrogens (primary N) is 1. The van der Waals surface area contributed by atoms with Crippen molar-refractivity contribution in [2.45, 2.75) is 0 Å². The van der Waals surface area contributed by atoms with E-state index in [1.54, 1.807) is 12.1 Å². The number of hydrogen-bond donors (Lipinski definition) is 3. The highest BCUT2D eigenvalue weighted by Crippen LogP contribution is 2.15. The van der Waals surface area contributed by atoms with Crippen LogP contribution in [0.2, 0.25) is 0 Å². The lowest BCUT2D eigenvalue weighted by Crippen LogP contribution is -2.13. The quantitative estimate of drug-likeness (QED) is 0.637. The third-order valence-electron chi connectivity index (χ3n) is 1.69. The molecule has 0 aromatic heterocycles. The Balaban J connectivity index is 2.45. The van der Waals surface area contributed by atoms with Crippen LogP contribution in [0, 0.1) is 0 Å². The Morgan fingerprint density at radius 2 is 2.07 bits per heavy atom. The van der Waals surface area contributed by atoms with Crippen LogP contribution >= 0.6 is 0 Å². The fraction of sp³-hybridized carbons (Fsp3) is 0.300. The Morgan fingerprint density at radius 3 is 2.60 bits per heavy atom. The molecule has 1 aromatic rings. The van der Waals surface area contributed by atoms with Crippen molar-refractivity contribution in [1.82, 2.24) is 0 Å². The third-order valence-corrected chi connectivity index (χ3v) is 1.69. The van der Waals surface area contributed by atoms with E-state index in [1.807, 2.05) is 12.1 Å². The summed E-state index contributed by atoms with van der Waals surface area (Å²) in [6.45, 7) is 0.947. The van der Waals surface area contributed by atoms with Crippen LogP contribution in [0.25, 0.3) is 0 Å². The van der Waals surface area contributed by atoms with E-state index < -0.39 is 5.97 Å². The Bertz CT molecular complexity index is 311. The van der Waals surface area contributed by atoms with Gasteiger partial charge >= 0.3 is 5.97 Å². The highest BCUT2D eigenvalue weighted by molar-refractivity contribution is 5.68. The molecule has 0 unspecified atom stereocenters. The molecule has 5 nitrogen and oxygen atoms in total. The lowest BCUT2D eigenvalue weighted by atomic mass is 10.3. The van der Waals surface area contributed by atoms with Crippen molar-refractivity contribution < 1.29 is 14.6 Å². The average Bonchev–Trinajstić information content (AvgIpc) is 2.25. The van der Waals surface area contributed by atoms with E-state index in [0.29, 0.717) is 18.8 Å². The second-order valence-corrected chi connectivity index (χ2v) is 2.92. The molecule has 0 aliphatic rings. The number of carboxylic acid groups (broad SMARTS) is 1. The monoisotopic (exact) mass is 210 g/mol. The van der Waals surface area contributed by atoms with Crippen molar-refractivity contribution in [1.29, 1.82) is 0 Å². The first-order valence-corrected chi connectivity index (χ1v) is 4.61. The molecule has 0 saturated heterocycles. The lowest BCUT2D eigenvalue weighted by molar-refractivity contribution is -0.139. The number of aliphatic carboxylic acids is 1. The second kappa shape index (κ2) is 5.87. The summed E-state index contributed by atoms with van der Waals surface area (Å²) in [7, 11) is 0. The second-order valence-electron chi connectivity index (χ2n) is 2.92. The molecule has 0 fully saturated rings. The molecule has 0 bridgehead atoms. The predicted molar refractivity (Wildman–Crippen MR) is 57.1 cm³/mol. The van der Waals surface area contributed by atoms with Gasteiger partial charge in [0.15, 0.2) is 6.61 Å². The highest BCUT2D eigenvalue weighted by atomic mass is 16.5. The first-order valence-electron chi connectivity index (χ1n) is 4.61. The molecular weight excluding hydrogens is 196 g/mol. The molecule has 5 heteroatoms. The molecular formula is C10H14N2O3. The fourth-order valence-electron chi connectivity index (χ4n) is 1.03. The molecule has 4 N–H and O–H groups in total. The molecule has 0 aliphatic carbocycles. The molecule has 0 radical (unpaired) electrons. The van der Waals surface area contributed by atoms with Crippen molar-refractivity contribution in [3.8, 4) is 5.75 Å². The van der Waals surface area contributed by atoms with Gasteiger partial charge in [-0.05, 0) is 24.3 Å². The first-order chi connectivity index (χ1) is 7.22. The standard InChI is InChI=1S/C10H14N2O3/c11-5-6-12-8-1-3-9(4-2-8)15-7-10(13)14/h1-4,12H,5-7,11H2,(H,13,14). The summed E-state index contributed by atoms with van der Waals surface area (Å²) in [6.07, 6.45) is 0. The van der Waals surface area contributed by atoms with Crippen LogP contribution < -0.4 is 15.8 Å². The maximum absolute atomic E-state index is 10.2. The Labute approximate surface area is 87.9 Å². The van der Waals surface area contributed by atoms with Crippen LogP contribution in [0.3, 0.4) is 0 Å². The Morgan fingerprint density at radius 1 is 1.40 bits per heavy atom. The maximum Gasteiger partial charge on any atom is 0.341 e. The fourth-order valence-corrected chi connectivity index (χ4v) is 1.03. The maximum atomic E-state index is 10.2. The topological polar surface area (TPSA) is 84.6 Å². The number of hydrogen-bond acceptors (Lipinski definition) is 4. The van der Waals surface area contributed by atoms with E-state index in [4.69, 9.17) is 15.6 Å². The van der Waals surface area contributed by atoms with E-state index in [9.17, 15) is 4.79 Å². The summed E-state index contributed by atoms with van der Waals surface area (Å²) >= 11 is 0. The summed E-state index contributed by atoms with van der Waals surface area (Å²) < 4.78 is 4.97. The summed E-state index contributed by atoms with van der Waals surface area (Å²) in [4.78, 5) is 10.2. The summed E-state index contributed by atoms with van der Waals surface area (Å²) in [6, 6.07) is 7.04. The summed E-state index contributed by atoms with van der Waals surface area (Å²) in [5, 5.41) is 11.5. The minimum atomic E-state index is -0.986. The third kappa shape index (κ3) is 4.33. The Hall–Kier alpha value is -1.75. The van der Waals surface area contributed by atoms with Crippen LogP contribution in [0.1, 0.15) is 0 Å². The Kier molecular flexibility index (Phi) is 4.43. The molecule has 1 rings (SSSR count). The van der Waals surface area contributed by atoms with Gasteiger partial charge in [-0.1, -0.05) is 0 Å². The number of anilines is 1. The van der Waals surface area contributed by atoms with Gasteiger partial charge < -0.3 is 20.9 Å². The van der Waals surface area contributed by atoms with Gasteiger partial charge in [0.05, 0.1) is 0 Å². The van der Waals surface area contributed by atoms with E-state index in [-0.39, 0.29) is 6.61 Å². The zero-order valence-corrected chi connectivity index (χ0v) is 8.27. The van der Waals surface area contributed by atoms with Gasteiger partial charge in [-0.25, -0.2) is 4.79 Å². The van der Waals surface area contributed by atoms with Crippen LogP contribution in [-0.4, -0.2) is 30.8 Å². The predicted octanol–water partition coefficient (Wildman–Crippen LogP) is 0.521. The van der Waals surface area contributed by atoms with Crippen LogP contribution in [0.15, 0.2) is 24.3 Å². The normalized spacial score (nSPS) is 9.67. The van der Waals surface area contributed by atoms with Crippen molar-refractivity contribution in [2.75, 3.05) is 25.0 Å². The van der Waals surface area contributed by atoms with E-state index in [1.165, 1.54) is 0 Å². The largest absolute Gasteiger partial charge is 0.482 e. The van der Waals surface area contributed by atoms with Gasteiger partial charge in [-0.3, -0.25) is 0 Å². The molecule has 82 valence electrons. The molecule has 0 heterocycles. The van der Waals surface area contributed by atoms with Crippen molar-refractivity contribution in [3.63, 3.8) is 0 Å². The smallest absolute Gasteiger partial charge is 0.341 e. The zero-order valence-electron chi connectivity index (χ0n) is 8.27. The van der Waals surface area contributed by atoms with Crippen molar-refractivity contribution in [2.24, 2.45) is 5.73 Å². The number of nitrogens with one attached hydrogen (secondary N) is 1. The number of benzene rings is 1. The molecule has 0 spiro atoms. The molecule has 1 aromatic carbocycles. The van der Waals surface area contributed by atoms with E-state index in [0.717, 1.165) is 5.69 Å². The van der Waals surface area contributed by atoms with Crippen molar-refractivity contribution in [3.05, 3.63) is 24.3 Å². The van der Waals surface area contributed by atoms with Crippen LogP contribution in [0.4, 0.5) is 5.69 Å². The van der Waals surface area contributed by atoms with Crippen molar-refractivity contribution >= 4 is 11.7 Å². The minimum absolute atomic E-state index is 0.324. The lowest BCUT2D eigenvalue weighted by Gasteiger charge is -2.06. The zero-order chi connectivity index (χ0) is 11.1. The molecule has 0 amide bonds. The molecule has 0 atom stereocenters. The molecule has 15 heavy (non-hydrogen) atoms. The number of carbonyl (C=O) groups is 1. The molecule has 0 saturated carbocycles. The van der Waals surface area contributed by atoms with E-state index >= 15 is 0 Å². The van der Waals surface area contributed by atoms with Crippen LogP contribution in [0.5, 0.6) is 5.75 Å². The number of rotatable bonds is 6. The van der Waals surface area contributed by atoms with Gasteiger partial charge in [0.1, 0.15) is 5.75 Å². The van der Waals surface area contributed by atoms with Gasteiger partial charge in [0.25, 0.3) is 0 Å². The van der Waals surface area contributed by atoms with E-state index in [2.05, 4.69) is 5.32 Å². The molecule has 0 aliphatic heterocycles. The van der Waals surface area contributed by atoms with Crippen LogP contribution in [-0.2, 0) is 4.79 Å². The highest BCUT2D eigenvalue weighted by Gasteiger charge is 1.98. The average molecular weight is 210 g/mol. The van der Waals surface area contributed by atoms with Gasteiger partial charge in [-0.15, -0.1) is 0 Å². The SMILES string of the molecule is NCCNc1ccc(OCC(=O)O)cc1. The summed E-state index contributed by atoms with van der Waals surface area (Å²) in [5.41, 5.74) is 6.27. The minimum Gasteiger partial charge on any atom is -0.482 e. The number of ether oxygens (including phenoxy) is 1. The first kappa shape index (κ1) is 11.3. The van der Waals surface area contributed by atoms with Gasteiger partial charge in [0.2, 0.25) is 0 Å².